The molecule has 0 unspecified atom stereocenters. The summed E-state index contributed by atoms with van der Waals surface area (Å²) in [7, 11) is 0. The van der Waals surface area contributed by atoms with Crippen molar-refractivity contribution in [3.63, 3.8) is 0 Å². The van der Waals surface area contributed by atoms with Crippen LogP contribution in [0.2, 0.25) is 0 Å². The van der Waals surface area contributed by atoms with E-state index in [2.05, 4.69) is 0 Å². The molecule has 0 aliphatic heterocycles. The van der Waals surface area contributed by atoms with Gasteiger partial charge < -0.3 is 69.6 Å². The van der Waals surface area contributed by atoms with Crippen LogP contribution < -0.4 is 30.6 Å². The van der Waals surface area contributed by atoms with Crippen molar-refractivity contribution < 1.29 is 121 Å². The largest absolute Gasteiger partial charge is 3.00 e. The average Bonchev–Trinajstić information content (AvgIpc) is 2.41. The molecule has 2 radical (unpaired) electrons. The third-order valence-corrected chi connectivity index (χ3v) is 0.500. The van der Waals surface area contributed by atoms with Gasteiger partial charge in [-0.25, -0.2) is 0 Å². The van der Waals surface area contributed by atoms with Crippen LogP contribution >= 0.6 is 0 Å². The molecular weight excluding hydrogens is 544 g/mol. The Bertz CT molecular complexity index is 358. The molecule has 0 saturated heterocycles. The fraction of sp³-hybridized carbons (Fsp3) is 0. The number of hydrogen-bond acceptors (Lipinski definition) is 14. The Balaban J connectivity index is -0.0000000351. The van der Waals surface area contributed by atoms with E-state index in [4.69, 9.17) is 79.2 Å². The molecular formula is C8H4Mo2O16. The zero-order valence-electron chi connectivity index (χ0n) is 11.6. The fourth-order valence-corrected chi connectivity index (χ4v) is 0. The van der Waals surface area contributed by atoms with Crippen molar-refractivity contribution in [3.8, 4) is 0 Å². The van der Waals surface area contributed by atoms with Crippen LogP contribution in [0.3, 0.4) is 0 Å². The number of carbonyl (C=O) groups excluding carboxylic acids is 6. The van der Waals surface area contributed by atoms with Crippen LogP contribution in [0.1, 0.15) is 0 Å². The smallest absolute Gasteiger partial charge is 0.543 e. The number of carbonyl (C=O) groups is 8. The van der Waals surface area contributed by atoms with Gasteiger partial charge in [0.2, 0.25) is 0 Å². The molecule has 0 aromatic heterocycles. The maximum Gasteiger partial charge on any atom is 3.00 e. The summed E-state index contributed by atoms with van der Waals surface area (Å²) in [6.45, 7) is -0.500. The first kappa shape index (κ1) is 43.5. The molecule has 0 heterocycles. The van der Waals surface area contributed by atoms with Crippen LogP contribution in [0.25, 0.3) is 0 Å². The summed E-state index contributed by atoms with van der Waals surface area (Å²) in [6, 6.07) is 0. The SMILES string of the molecule is O=C([O-])C(=O)[O-].O=C([O-])C(=O)[O-].O=C([O-])C(=O)[O-].O=CO.O=CO.[Mo+3].[Mo+3]. The maximum absolute atomic E-state index is 8.93. The van der Waals surface area contributed by atoms with Gasteiger partial charge >= 0.3 is 42.1 Å². The molecule has 0 saturated carbocycles. The number of carboxylic acid groups (broad SMARTS) is 8. The van der Waals surface area contributed by atoms with Crippen molar-refractivity contribution in [1.82, 2.24) is 0 Å². The summed E-state index contributed by atoms with van der Waals surface area (Å²) in [5, 5.41) is 67.3. The molecule has 0 amide bonds. The second-order valence-corrected chi connectivity index (χ2v) is 1.94. The molecule has 0 aromatic rings. The van der Waals surface area contributed by atoms with Crippen LogP contribution in [-0.2, 0) is 80.5 Å². The van der Waals surface area contributed by atoms with Crippen molar-refractivity contribution in [3.05, 3.63) is 0 Å². The summed E-state index contributed by atoms with van der Waals surface area (Å²) in [5.41, 5.74) is 0. The zero-order chi connectivity index (χ0) is 20.9. The molecule has 18 heteroatoms. The van der Waals surface area contributed by atoms with E-state index < -0.39 is 35.8 Å². The summed E-state index contributed by atoms with van der Waals surface area (Å²) in [5.74, 6) is -13.1. The van der Waals surface area contributed by atoms with Crippen molar-refractivity contribution in [1.29, 1.82) is 0 Å². The Morgan fingerprint density at radius 3 is 0.500 bits per heavy atom. The molecule has 0 aromatic carbocycles. The molecule has 0 bridgehead atoms. The molecule has 144 valence electrons. The summed E-state index contributed by atoms with van der Waals surface area (Å²) in [4.78, 5) is 70.3. The topological polar surface area (TPSA) is 315 Å². The minimum Gasteiger partial charge on any atom is -0.543 e. The first-order valence-electron chi connectivity index (χ1n) is 4.19. The van der Waals surface area contributed by atoms with E-state index >= 15 is 0 Å². The molecule has 16 nitrogen and oxygen atoms in total. The number of aliphatic carboxylic acids is 6. The minimum atomic E-state index is -2.19. The van der Waals surface area contributed by atoms with Crippen LogP contribution in [-0.4, -0.2) is 59.0 Å². The molecule has 0 rings (SSSR count). The van der Waals surface area contributed by atoms with Gasteiger partial charge in [-0.15, -0.1) is 0 Å². The van der Waals surface area contributed by atoms with Gasteiger partial charge in [0.05, 0.1) is 35.8 Å². The molecule has 0 aliphatic carbocycles. The fourth-order valence-electron chi connectivity index (χ4n) is 0. The Hall–Kier alpha value is -2.86. The summed E-state index contributed by atoms with van der Waals surface area (Å²) in [6.07, 6.45) is 0. The minimum absolute atomic E-state index is 0. The van der Waals surface area contributed by atoms with Gasteiger partial charge in [-0.2, -0.15) is 0 Å². The van der Waals surface area contributed by atoms with Crippen molar-refractivity contribution in [2.75, 3.05) is 0 Å². The monoisotopic (exact) mass is 552 g/mol. The third kappa shape index (κ3) is 103. The van der Waals surface area contributed by atoms with Crippen molar-refractivity contribution in [2.45, 2.75) is 0 Å². The molecule has 0 spiro atoms. The van der Waals surface area contributed by atoms with E-state index in [-0.39, 0.29) is 55.1 Å². The Labute approximate surface area is 170 Å². The second-order valence-electron chi connectivity index (χ2n) is 1.94. The molecule has 0 aliphatic rings. The average molecular weight is 548 g/mol. The Morgan fingerprint density at radius 1 is 0.462 bits per heavy atom. The van der Waals surface area contributed by atoms with Gasteiger partial charge in [0.25, 0.3) is 12.9 Å². The van der Waals surface area contributed by atoms with Gasteiger partial charge in [0, 0.05) is 0 Å². The standard InChI is InChI=1S/3C2H2O4.2CH2O2.2Mo/c3*3-1(4)2(5)6;2*2-1-3;;/h3*(H,3,4)(H,5,6);2*1H,(H,2,3);;/q;;;;;2*+3/p-6. The summed E-state index contributed by atoms with van der Waals surface area (Å²) >= 11 is 0. The normalized spacial score (nSPS) is 6.00. The first-order chi connectivity index (χ1) is 10.8. The van der Waals surface area contributed by atoms with E-state index in [1.54, 1.807) is 0 Å². The quantitative estimate of drug-likeness (QED) is 0.161. The summed E-state index contributed by atoms with van der Waals surface area (Å²) < 4.78 is 0. The van der Waals surface area contributed by atoms with Gasteiger partial charge in [-0.3, -0.25) is 9.59 Å². The van der Waals surface area contributed by atoms with E-state index in [0.717, 1.165) is 0 Å². The number of hydrogen-bond donors (Lipinski definition) is 2. The van der Waals surface area contributed by atoms with Gasteiger partial charge in [-0.05, 0) is 0 Å². The van der Waals surface area contributed by atoms with E-state index in [1.165, 1.54) is 0 Å². The molecule has 2 N–H and O–H groups in total. The first-order valence-corrected chi connectivity index (χ1v) is 4.19. The molecule has 0 fully saturated rings. The Morgan fingerprint density at radius 2 is 0.500 bits per heavy atom. The second kappa shape index (κ2) is 33.7. The molecule has 0 atom stereocenters. The van der Waals surface area contributed by atoms with Crippen LogP contribution in [0, 0.1) is 0 Å². The van der Waals surface area contributed by atoms with Crippen molar-refractivity contribution >= 4 is 48.8 Å². The van der Waals surface area contributed by atoms with Gasteiger partial charge in [-0.1, -0.05) is 0 Å². The maximum atomic E-state index is 8.93. The van der Waals surface area contributed by atoms with E-state index in [9.17, 15) is 0 Å². The van der Waals surface area contributed by atoms with Crippen LogP contribution in [0.5, 0.6) is 0 Å². The van der Waals surface area contributed by atoms with E-state index in [1.807, 2.05) is 0 Å². The Kier molecular flexibility index (Phi) is 56.4. The predicted molar refractivity (Wildman–Crippen MR) is 47.4 cm³/mol. The van der Waals surface area contributed by atoms with Crippen LogP contribution in [0.4, 0.5) is 0 Å². The van der Waals surface area contributed by atoms with Crippen molar-refractivity contribution in [2.24, 2.45) is 0 Å². The van der Waals surface area contributed by atoms with Gasteiger partial charge in [0.1, 0.15) is 0 Å². The number of rotatable bonds is 0. The third-order valence-electron chi connectivity index (χ3n) is 0.500. The van der Waals surface area contributed by atoms with Crippen LogP contribution in [0.15, 0.2) is 0 Å². The molecule has 26 heavy (non-hydrogen) atoms. The predicted octanol–water partition coefficient (Wildman–Crippen LogP) is -11.1. The van der Waals surface area contributed by atoms with Gasteiger partial charge in [0.15, 0.2) is 0 Å². The zero-order valence-corrected chi connectivity index (χ0v) is 15.6. The van der Waals surface area contributed by atoms with E-state index in [0.29, 0.717) is 0 Å². The number of carboxylic acids is 6.